The highest BCUT2D eigenvalue weighted by Crippen LogP contribution is 2.17. The molecule has 0 aromatic carbocycles. The number of amides is 1. The molecular formula is C7H13BrN2O2S. The first-order valence-electron chi connectivity index (χ1n) is 3.72. The van der Waals surface area contributed by atoms with Crippen LogP contribution < -0.4 is 10.0 Å². The summed E-state index contributed by atoms with van der Waals surface area (Å²) in [6.45, 7) is 3.59. The van der Waals surface area contributed by atoms with E-state index in [4.69, 9.17) is 4.74 Å². The van der Waals surface area contributed by atoms with Crippen molar-refractivity contribution in [3.05, 3.63) is 10.0 Å². The molecule has 1 amide bonds. The van der Waals surface area contributed by atoms with Crippen molar-refractivity contribution in [2.45, 2.75) is 20.0 Å². The molecule has 0 aliphatic carbocycles. The van der Waals surface area contributed by atoms with Gasteiger partial charge in [-0.25, -0.2) is 4.79 Å². The second kappa shape index (κ2) is 7.08. The van der Waals surface area contributed by atoms with Gasteiger partial charge < -0.3 is 10.1 Å². The van der Waals surface area contributed by atoms with Crippen molar-refractivity contribution in [3.8, 4) is 0 Å². The fraction of sp³-hybridized carbons (Fsp3) is 0.571. The number of nitrogens with one attached hydrogen (secondary N) is 2. The minimum Gasteiger partial charge on any atom is -0.446 e. The van der Waals surface area contributed by atoms with Gasteiger partial charge in [0.15, 0.2) is 0 Å². The fourth-order valence-corrected chi connectivity index (χ4v) is 1.35. The number of halogens is 1. The van der Waals surface area contributed by atoms with Crippen LogP contribution in [0.5, 0.6) is 0 Å². The first-order valence-corrected chi connectivity index (χ1v) is 5.33. The molecule has 6 heteroatoms. The van der Waals surface area contributed by atoms with Crippen molar-refractivity contribution >= 4 is 34.0 Å². The second-order valence-electron chi connectivity index (χ2n) is 2.40. The third-order valence-corrected chi connectivity index (χ3v) is 2.13. The predicted octanol–water partition coefficient (Wildman–Crippen LogP) is 2.18. The van der Waals surface area contributed by atoms with E-state index in [1.807, 2.05) is 0 Å². The predicted molar refractivity (Wildman–Crippen MR) is 58.4 cm³/mol. The number of carbonyl (C=O) groups is 1. The first kappa shape index (κ1) is 12.6. The highest BCUT2D eigenvalue weighted by molar-refractivity contribution is 9.14. The minimum absolute atomic E-state index is 0.104. The van der Waals surface area contributed by atoms with Gasteiger partial charge in [0, 0.05) is 13.2 Å². The minimum atomic E-state index is -0.443. The van der Waals surface area contributed by atoms with E-state index >= 15 is 0 Å². The zero-order chi connectivity index (χ0) is 10.3. The molecule has 0 aliphatic rings. The zero-order valence-electron chi connectivity index (χ0n) is 7.76. The van der Waals surface area contributed by atoms with Crippen molar-refractivity contribution in [3.63, 3.8) is 0 Å². The summed E-state index contributed by atoms with van der Waals surface area (Å²) in [5, 5.41) is 2.81. The highest BCUT2D eigenvalue weighted by Gasteiger charge is 2.04. The smallest absolute Gasteiger partial charge is 0.417 e. The van der Waals surface area contributed by atoms with E-state index in [1.54, 1.807) is 27.1 Å². The van der Waals surface area contributed by atoms with Crippen LogP contribution in [0, 0.1) is 0 Å². The van der Waals surface area contributed by atoms with Crippen LogP contribution >= 0.6 is 27.9 Å². The van der Waals surface area contributed by atoms with Crippen molar-refractivity contribution in [2.24, 2.45) is 0 Å². The van der Waals surface area contributed by atoms with Gasteiger partial charge in [-0.3, -0.25) is 4.72 Å². The first-order chi connectivity index (χ1) is 6.06. The molecule has 4 nitrogen and oxygen atoms in total. The lowest BCUT2D eigenvalue weighted by molar-refractivity contribution is 0.122. The van der Waals surface area contributed by atoms with Crippen molar-refractivity contribution in [2.75, 3.05) is 7.05 Å². The average Bonchev–Trinajstić information content (AvgIpc) is 2.00. The fourth-order valence-electron chi connectivity index (χ4n) is 0.471. The molecule has 0 aliphatic heterocycles. The number of hydrogen-bond donors (Lipinski definition) is 2. The van der Waals surface area contributed by atoms with E-state index in [2.05, 4.69) is 26.0 Å². The number of rotatable bonds is 4. The molecule has 0 fully saturated rings. The van der Waals surface area contributed by atoms with Crippen molar-refractivity contribution < 1.29 is 9.53 Å². The molecule has 0 radical (unpaired) electrons. The quantitative estimate of drug-likeness (QED) is 0.768. The lowest BCUT2D eigenvalue weighted by Gasteiger charge is -2.07. The van der Waals surface area contributed by atoms with Crippen LogP contribution in [0.3, 0.4) is 0 Å². The molecule has 0 saturated carbocycles. The Morgan fingerprint density at radius 1 is 1.62 bits per heavy atom. The monoisotopic (exact) mass is 268 g/mol. The van der Waals surface area contributed by atoms with E-state index in [0.29, 0.717) is 0 Å². The van der Waals surface area contributed by atoms with Gasteiger partial charge >= 0.3 is 6.09 Å². The van der Waals surface area contributed by atoms with Gasteiger partial charge in [-0.2, -0.15) is 0 Å². The Kier molecular flexibility index (Phi) is 6.89. The van der Waals surface area contributed by atoms with Gasteiger partial charge in [-0.05, 0) is 41.7 Å². The largest absolute Gasteiger partial charge is 0.446 e. The normalized spacial score (nSPS) is 11.3. The van der Waals surface area contributed by atoms with Crippen LogP contribution in [0.2, 0.25) is 0 Å². The molecule has 0 unspecified atom stereocenters. The second-order valence-corrected chi connectivity index (χ2v) is 4.62. The van der Waals surface area contributed by atoms with Gasteiger partial charge in [0.1, 0.15) is 0 Å². The maximum absolute atomic E-state index is 10.9. The average molecular weight is 269 g/mol. The molecule has 0 spiro atoms. The van der Waals surface area contributed by atoms with Crippen molar-refractivity contribution in [1.29, 1.82) is 0 Å². The SMILES string of the molecule is CN/C=C(/Br)SNC(=O)OC(C)C. The summed E-state index contributed by atoms with van der Waals surface area (Å²) in [4.78, 5) is 10.9. The van der Waals surface area contributed by atoms with Crippen LogP contribution in [0.25, 0.3) is 0 Å². The van der Waals surface area contributed by atoms with E-state index in [0.717, 1.165) is 15.8 Å². The molecule has 0 aromatic heterocycles. The molecule has 13 heavy (non-hydrogen) atoms. The van der Waals surface area contributed by atoms with E-state index in [9.17, 15) is 4.79 Å². The lowest BCUT2D eigenvalue weighted by atomic mass is 10.5. The van der Waals surface area contributed by atoms with E-state index in [1.165, 1.54) is 0 Å². The topological polar surface area (TPSA) is 50.4 Å². The summed E-state index contributed by atoms with van der Waals surface area (Å²) in [5.74, 6) is 0. The van der Waals surface area contributed by atoms with E-state index in [-0.39, 0.29) is 6.10 Å². The Balaban J connectivity index is 3.64. The lowest BCUT2D eigenvalue weighted by Crippen LogP contribution is -2.20. The third-order valence-electron chi connectivity index (χ3n) is 0.832. The molecule has 76 valence electrons. The van der Waals surface area contributed by atoms with Crippen LogP contribution in [-0.2, 0) is 4.74 Å². The summed E-state index contributed by atoms with van der Waals surface area (Å²) >= 11 is 4.37. The summed E-state index contributed by atoms with van der Waals surface area (Å²) in [6.07, 6.45) is 1.16. The molecule has 0 heterocycles. The Morgan fingerprint density at radius 3 is 2.69 bits per heavy atom. The standard InChI is InChI=1S/C7H13BrN2O2S/c1-5(2)12-7(11)10-13-6(8)4-9-3/h4-5,9H,1-3H3,(H,10,11)/b6-4-. The molecule has 0 rings (SSSR count). The molecule has 0 bridgehead atoms. The van der Waals surface area contributed by atoms with Crippen LogP contribution in [-0.4, -0.2) is 19.2 Å². The molecule has 2 N–H and O–H groups in total. The third kappa shape index (κ3) is 7.98. The summed E-state index contributed by atoms with van der Waals surface area (Å²) < 4.78 is 8.11. The van der Waals surface area contributed by atoms with Crippen LogP contribution in [0.15, 0.2) is 10.0 Å². The highest BCUT2D eigenvalue weighted by atomic mass is 79.9. The number of ether oxygens (including phenoxy) is 1. The van der Waals surface area contributed by atoms with Gasteiger partial charge in [0.2, 0.25) is 0 Å². The van der Waals surface area contributed by atoms with Gasteiger partial charge in [0.05, 0.1) is 9.92 Å². The maximum Gasteiger partial charge on any atom is 0.417 e. The molecule has 0 atom stereocenters. The number of carbonyl (C=O) groups excluding carboxylic acids is 1. The van der Waals surface area contributed by atoms with Crippen LogP contribution in [0.1, 0.15) is 13.8 Å². The summed E-state index contributed by atoms with van der Waals surface area (Å²) in [6, 6.07) is 0. The Hall–Kier alpha value is -0.360. The molecule has 0 saturated heterocycles. The summed E-state index contributed by atoms with van der Waals surface area (Å²) in [5.41, 5.74) is 0. The van der Waals surface area contributed by atoms with Crippen molar-refractivity contribution in [1.82, 2.24) is 10.0 Å². The Labute approximate surface area is 90.7 Å². The van der Waals surface area contributed by atoms with E-state index < -0.39 is 6.09 Å². The molecule has 0 aromatic rings. The molecular weight excluding hydrogens is 256 g/mol. The summed E-state index contributed by atoms with van der Waals surface area (Å²) in [7, 11) is 1.77. The van der Waals surface area contributed by atoms with Gasteiger partial charge in [-0.1, -0.05) is 0 Å². The Morgan fingerprint density at radius 2 is 2.23 bits per heavy atom. The van der Waals surface area contributed by atoms with Gasteiger partial charge in [0.25, 0.3) is 0 Å². The zero-order valence-corrected chi connectivity index (χ0v) is 10.2. The maximum atomic E-state index is 10.9. The van der Waals surface area contributed by atoms with Crippen LogP contribution in [0.4, 0.5) is 4.79 Å². The van der Waals surface area contributed by atoms with Gasteiger partial charge in [-0.15, -0.1) is 0 Å². The Bertz CT molecular complexity index is 197. The number of hydrogen-bond acceptors (Lipinski definition) is 4.